The van der Waals surface area contributed by atoms with E-state index in [0.717, 1.165) is 53.8 Å². The molecule has 0 spiro atoms. The Morgan fingerprint density at radius 3 is 1.97 bits per heavy atom. The Kier molecular flexibility index (Phi) is 7.05. The third-order valence-corrected chi connectivity index (χ3v) is 7.26. The minimum Gasteiger partial charge on any atom is -0.490 e. The highest BCUT2D eigenvalue weighted by atomic mass is 16.5. The first-order valence-electron chi connectivity index (χ1n) is 12.6. The maximum atomic E-state index is 13.1. The summed E-state index contributed by atoms with van der Waals surface area (Å²) in [7, 11) is 0. The molecular formula is C29H33N3O4. The number of para-hydroxylation sites is 1. The summed E-state index contributed by atoms with van der Waals surface area (Å²) < 4.78 is 5.91. The molecule has 7 nitrogen and oxygen atoms in total. The van der Waals surface area contributed by atoms with E-state index in [-0.39, 0.29) is 18.4 Å². The van der Waals surface area contributed by atoms with Crippen LogP contribution in [0, 0.1) is 13.8 Å². The Labute approximate surface area is 211 Å². The fraction of sp³-hybridized carbons (Fsp3) is 0.379. The number of β-amino-alcohol motifs (C(OH)–C–C–N with tert-alkyl or cyclic N) is 1. The van der Waals surface area contributed by atoms with Gasteiger partial charge in [-0.3, -0.25) is 24.3 Å². The summed E-state index contributed by atoms with van der Waals surface area (Å²) in [5, 5.41) is 12.2. The van der Waals surface area contributed by atoms with Crippen molar-refractivity contribution in [1.82, 2.24) is 14.7 Å². The van der Waals surface area contributed by atoms with Crippen molar-refractivity contribution in [3.63, 3.8) is 0 Å². The summed E-state index contributed by atoms with van der Waals surface area (Å²) in [5.74, 6) is 0.423. The van der Waals surface area contributed by atoms with Crippen LogP contribution in [0.25, 0.3) is 10.8 Å². The molecule has 36 heavy (non-hydrogen) atoms. The lowest BCUT2D eigenvalue weighted by Gasteiger charge is -2.36. The molecule has 0 unspecified atom stereocenters. The highest BCUT2D eigenvalue weighted by molar-refractivity contribution is 6.25. The second-order valence-corrected chi connectivity index (χ2v) is 9.80. The fourth-order valence-corrected chi connectivity index (χ4v) is 5.28. The smallest absolute Gasteiger partial charge is 0.261 e. The number of rotatable bonds is 8. The van der Waals surface area contributed by atoms with E-state index < -0.39 is 6.10 Å². The Morgan fingerprint density at radius 1 is 0.806 bits per heavy atom. The SMILES string of the molecule is Cc1cccc(C)c1OC[C@H](O)CN1CCN(CCN2C(=O)c3cccc4cccc(c34)C2=O)CC1. The molecule has 2 heterocycles. The van der Waals surface area contributed by atoms with Gasteiger partial charge < -0.3 is 9.84 Å². The number of hydrogen-bond donors (Lipinski definition) is 1. The van der Waals surface area contributed by atoms with Gasteiger partial charge in [0.15, 0.2) is 0 Å². The number of aliphatic hydroxyl groups is 1. The van der Waals surface area contributed by atoms with E-state index in [4.69, 9.17) is 4.74 Å². The monoisotopic (exact) mass is 487 g/mol. The molecule has 0 aromatic heterocycles. The summed E-state index contributed by atoms with van der Waals surface area (Å²) in [6.07, 6.45) is -0.568. The second kappa shape index (κ2) is 10.4. The Morgan fingerprint density at radius 2 is 1.36 bits per heavy atom. The second-order valence-electron chi connectivity index (χ2n) is 9.80. The van der Waals surface area contributed by atoms with Gasteiger partial charge in [-0.05, 0) is 42.5 Å². The van der Waals surface area contributed by atoms with Crippen LogP contribution in [0.2, 0.25) is 0 Å². The van der Waals surface area contributed by atoms with Crippen LogP contribution in [0.15, 0.2) is 54.6 Å². The zero-order chi connectivity index (χ0) is 25.2. The maximum absolute atomic E-state index is 13.1. The summed E-state index contributed by atoms with van der Waals surface area (Å²) in [4.78, 5) is 32.1. The van der Waals surface area contributed by atoms with E-state index in [9.17, 15) is 14.7 Å². The van der Waals surface area contributed by atoms with Gasteiger partial charge in [0, 0.05) is 62.3 Å². The molecule has 1 saturated heterocycles. The number of ether oxygens (including phenoxy) is 1. The van der Waals surface area contributed by atoms with Gasteiger partial charge in [0.2, 0.25) is 0 Å². The highest BCUT2D eigenvalue weighted by Crippen LogP contribution is 2.30. The van der Waals surface area contributed by atoms with Crippen LogP contribution in [0.3, 0.4) is 0 Å². The molecule has 5 rings (SSSR count). The summed E-state index contributed by atoms with van der Waals surface area (Å²) >= 11 is 0. The lowest BCUT2D eigenvalue weighted by Crippen LogP contribution is -2.51. The zero-order valence-corrected chi connectivity index (χ0v) is 20.9. The Hall–Kier alpha value is -3.26. The van der Waals surface area contributed by atoms with Gasteiger partial charge in [-0.2, -0.15) is 0 Å². The minimum absolute atomic E-state index is 0.213. The molecule has 2 amide bonds. The first-order chi connectivity index (χ1) is 17.4. The number of carbonyl (C=O) groups is 2. The molecule has 0 aliphatic carbocycles. The molecule has 3 aromatic rings. The highest BCUT2D eigenvalue weighted by Gasteiger charge is 2.33. The largest absolute Gasteiger partial charge is 0.490 e. The van der Waals surface area contributed by atoms with Crippen molar-refractivity contribution in [2.75, 3.05) is 52.4 Å². The number of imide groups is 1. The van der Waals surface area contributed by atoms with Gasteiger partial charge in [-0.15, -0.1) is 0 Å². The normalized spacial score (nSPS) is 17.6. The van der Waals surface area contributed by atoms with Crippen LogP contribution in [0.5, 0.6) is 5.75 Å². The van der Waals surface area contributed by atoms with Crippen molar-refractivity contribution in [3.8, 4) is 5.75 Å². The zero-order valence-electron chi connectivity index (χ0n) is 20.9. The van der Waals surface area contributed by atoms with Gasteiger partial charge in [0.05, 0.1) is 0 Å². The average molecular weight is 488 g/mol. The van der Waals surface area contributed by atoms with Crippen molar-refractivity contribution in [2.45, 2.75) is 20.0 Å². The summed E-state index contributed by atoms with van der Waals surface area (Å²) in [6, 6.07) is 17.3. The molecule has 0 saturated carbocycles. The topological polar surface area (TPSA) is 73.3 Å². The molecule has 1 fully saturated rings. The van der Waals surface area contributed by atoms with Crippen LogP contribution in [0.4, 0.5) is 0 Å². The molecule has 0 bridgehead atoms. The predicted octanol–water partition coefficient (Wildman–Crippen LogP) is 3.11. The molecule has 0 radical (unpaired) electrons. The van der Waals surface area contributed by atoms with Crippen molar-refractivity contribution < 1.29 is 19.4 Å². The molecule has 1 N–H and O–H groups in total. The van der Waals surface area contributed by atoms with Crippen LogP contribution >= 0.6 is 0 Å². The molecule has 188 valence electrons. The average Bonchev–Trinajstić information content (AvgIpc) is 2.88. The number of aliphatic hydroxyl groups excluding tert-OH is 1. The summed E-state index contributed by atoms with van der Waals surface area (Å²) in [6.45, 7) is 9.16. The number of aryl methyl sites for hydroxylation is 2. The number of piperazine rings is 1. The van der Waals surface area contributed by atoms with Crippen molar-refractivity contribution >= 4 is 22.6 Å². The molecule has 2 aliphatic rings. The third-order valence-electron chi connectivity index (χ3n) is 7.26. The number of benzene rings is 3. The molecule has 3 aromatic carbocycles. The van der Waals surface area contributed by atoms with E-state index in [1.807, 2.05) is 68.4 Å². The maximum Gasteiger partial charge on any atom is 0.261 e. The quantitative estimate of drug-likeness (QED) is 0.493. The number of nitrogens with zero attached hydrogens (tertiary/aromatic N) is 3. The Balaban J connectivity index is 1.10. The van der Waals surface area contributed by atoms with Gasteiger partial charge >= 0.3 is 0 Å². The van der Waals surface area contributed by atoms with Gasteiger partial charge in [-0.25, -0.2) is 0 Å². The van der Waals surface area contributed by atoms with E-state index >= 15 is 0 Å². The van der Waals surface area contributed by atoms with E-state index in [0.29, 0.717) is 30.8 Å². The number of carbonyl (C=O) groups excluding carboxylic acids is 2. The number of amides is 2. The van der Waals surface area contributed by atoms with Crippen LogP contribution in [0.1, 0.15) is 31.8 Å². The fourth-order valence-electron chi connectivity index (χ4n) is 5.28. The van der Waals surface area contributed by atoms with E-state index in [1.54, 1.807) is 0 Å². The van der Waals surface area contributed by atoms with Gasteiger partial charge in [0.1, 0.15) is 18.5 Å². The van der Waals surface area contributed by atoms with Gasteiger partial charge in [-0.1, -0.05) is 42.5 Å². The van der Waals surface area contributed by atoms with Crippen molar-refractivity contribution in [2.24, 2.45) is 0 Å². The molecular weight excluding hydrogens is 454 g/mol. The van der Waals surface area contributed by atoms with E-state index in [1.165, 1.54) is 4.90 Å². The first kappa shape index (κ1) is 24.4. The molecule has 2 aliphatic heterocycles. The van der Waals surface area contributed by atoms with E-state index in [2.05, 4.69) is 9.80 Å². The predicted molar refractivity (Wildman–Crippen MR) is 140 cm³/mol. The van der Waals surface area contributed by atoms with Crippen molar-refractivity contribution in [3.05, 3.63) is 76.9 Å². The van der Waals surface area contributed by atoms with Crippen molar-refractivity contribution in [1.29, 1.82) is 0 Å². The summed E-state index contributed by atoms with van der Waals surface area (Å²) in [5.41, 5.74) is 3.34. The van der Waals surface area contributed by atoms with Crippen LogP contribution < -0.4 is 4.74 Å². The van der Waals surface area contributed by atoms with Gasteiger partial charge in [0.25, 0.3) is 11.8 Å². The minimum atomic E-state index is -0.568. The van der Waals surface area contributed by atoms with Crippen LogP contribution in [-0.4, -0.2) is 90.1 Å². The third kappa shape index (κ3) is 4.87. The lowest BCUT2D eigenvalue weighted by molar-refractivity contribution is 0.0414. The molecule has 1 atom stereocenters. The first-order valence-corrected chi connectivity index (χ1v) is 12.6. The standard InChI is InChI=1S/C29H33N3O4/c1-20-6-3-7-21(2)27(20)36-19-23(33)18-31-14-12-30(13-15-31)16-17-32-28(34)24-10-4-8-22-9-5-11-25(26(22)24)29(32)35/h3-11,23,33H,12-19H2,1-2H3/t23-/m1/s1. The lowest BCUT2D eigenvalue weighted by atomic mass is 9.94. The van der Waals surface area contributed by atoms with Crippen LogP contribution in [-0.2, 0) is 0 Å². The molecule has 7 heteroatoms. The number of hydrogen-bond acceptors (Lipinski definition) is 6. The Bertz CT molecular complexity index is 1210.